The van der Waals surface area contributed by atoms with Crippen molar-refractivity contribution in [2.75, 3.05) is 26.7 Å². The summed E-state index contributed by atoms with van der Waals surface area (Å²) in [6, 6.07) is 7.64. The number of benzene rings is 1. The van der Waals surface area contributed by atoms with Crippen molar-refractivity contribution in [1.29, 1.82) is 0 Å². The first kappa shape index (κ1) is 20.2. The number of ether oxygens (including phenoxy) is 1. The molecule has 1 aromatic carbocycles. The average molecular weight is 424 g/mol. The summed E-state index contributed by atoms with van der Waals surface area (Å²) in [7, 11) is 1.67. The lowest BCUT2D eigenvalue weighted by Gasteiger charge is -2.15. The van der Waals surface area contributed by atoms with Crippen molar-refractivity contribution in [1.82, 2.24) is 10.6 Å². The molecule has 6 heteroatoms. The first-order chi connectivity index (χ1) is 9.71. The lowest BCUT2D eigenvalue weighted by atomic mass is 10.1. The molecule has 1 aromatic rings. The van der Waals surface area contributed by atoms with Gasteiger partial charge in [0.25, 0.3) is 0 Å². The van der Waals surface area contributed by atoms with Crippen molar-refractivity contribution < 1.29 is 4.74 Å². The molecule has 0 aromatic heterocycles. The van der Waals surface area contributed by atoms with Gasteiger partial charge in [0.2, 0.25) is 0 Å². The Morgan fingerprint density at radius 1 is 1.48 bits per heavy atom. The number of hydrogen-bond donors (Lipinski definition) is 2. The number of hydrogen-bond acceptors (Lipinski definition) is 2. The van der Waals surface area contributed by atoms with Gasteiger partial charge in [0, 0.05) is 25.2 Å². The first-order valence-electron chi connectivity index (χ1n) is 6.62. The second-order valence-electron chi connectivity index (χ2n) is 4.17. The molecule has 0 aliphatic rings. The van der Waals surface area contributed by atoms with E-state index >= 15 is 0 Å². The molecule has 0 heterocycles. The lowest BCUT2D eigenvalue weighted by molar-refractivity contribution is 0.111. The summed E-state index contributed by atoms with van der Waals surface area (Å²) in [4.78, 5) is 4.51. The maximum atomic E-state index is 6.00. The number of rotatable bonds is 7. The van der Waals surface area contributed by atoms with Crippen molar-refractivity contribution in [2.24, 2.45) is 4.99 Å². The zero-order valence-corrected chi connectivity index (χ0v) is 15.5. The van der Waals surface area contributed by atoms with Crippen molar-refractivity contribution in [3.63, 3.8) is 0 Å². The minimum Gasteiger partial charge on any atom is -0.375 e. The van der Waals surface area contributed by atoms with Gasteiger partial charge in [0.15, 0.2) is 5.96 Å². The molecule has 2 N–H and O–H groups in total. The van der Waals surface area contributed by atoms with Crippen LogP contribution in [0.3, 0.4) is 0 Å². The fourth-order valence-corrected chi connectivity index (χ4v) is 1.91. The molecule has 0 saturated heterocycles. The van der Waals surface area contributed by atoms with E-state index in [0.717, 1.165) is 18.1 Å². The van der Waals surface area contributed by atoms with Gasteiger partial charge in [0.05, 0.1) is 6.54 Å². The Morgan fingerprint density at radius 2 is 2.24 bits per heavy atom. The molecule has 118 valence electrons. The number of nitrogens with zero attached hydrogens (tertiary/aromatic N) is 1. The Labute approximate surface area is 149 Å². The molecule has 4 nitrogen and oxygen atoms in total. The van der Waals surface area contributed by atoms with Gasteiger partial charge in [-0.3, -0.25) is 4.99 Å². The highest BCUT2D eigenvalue weighted by Gasteiger charge is 2.10. The Balaban J connectivity index is 0.00000400. The van der Waals surface area contributed by atoms with Gasteiger partial charge < -0.3 is 15.4 Å². The summed E-state index contributed by atoms with van der Waals surface area (Å²) >= 11 is 6.00. The van der Waals surface area contributed by atoms with E-state index in [-0.39, 0.29) is 30.1 Å². The van der Waals surface area contributed by atoms with Crippen LogP contribution < -0.4 is 10.6 Å². The molecule has 0 saturated carbocycles. The Kier molecular flexibility index (Phi) is 11.4. The number of nitrogens with one attached hydrogen (secondary N) is 2. The zero-order valence-electron chi connectivity index (χ0n) is 12.4. The summed E-state index contributed by atoms with van der Waals surface area (Å²) in [6.45, 7) is 7.69. The third-order valence-corrected chi connectivity index (χ3v) is 2.91. The molecule has 0 amide bonds. The summed E-state index contributed by atoms with van der Waals surface area (Å²) in [5.74, 6) is 0.747. The van der Waals surface area contributed by atoms with E-state index in [0.29, 0.717) is 18.1 Å². The predicted octanol–water partition coefficient (Wildman–Crippen LogP) is 3.39. The lowest BCUT2D eigenvalue weighted by Crippen LogP contribution is -2.37. The standard InChI is InChI=1S/C15H22ClN3O.HI/c1-4-9-18-15(17-5-2)19-11-14(20-3)12-7-6-8-13(16)10-12;/h4,6-8,10,14H,1,5,9,11H2,2-3H3,(H2,17,18,19);1H. The van der Waals surface area contributed by atoms with E-state index in [1.807, 2.05) is 31.2 Å². The van der Waals surface area contributed by atoms with Crippen molar-refractivity contribution >= 4 is 41.5 Å². The summed E-state index contributed by atoms with van der Waals surface area (Å²) < 4.78 is 5.48. The quantitative estimate of drug-likeness (QED) is 0.306. The molecular formula is C15H23ClIN3O. The van der Waals surface area contributed by atoms with E-state index in [9.17, 15) is 0 Å². The van der Waals surface area contributed by atoms with Gasteiger partial charge in [-0.05, 0) is 24.6 Å². The molecule has 1 rings (SSSR count). The van der Waals surface area contributed by atoms with Gasteiger partial charge in [-0.15, -0.1) is 30.6 Å². The topological polar surface area (TPSA) is 45.7 Å². The van der Waals surface area contributed by atoms with Gasteiger partial charge in [-0.1, -0.05) is 29.8 Å². The van der Waals surface area contributed by atoms with Crippen LogP contribution in [0.15, 0.2) is 41.9 Å². The molecular weight excluding hydrogens is 401 g/mol. The van der Waals surface area contributed by atoms with E-state index in [1.165, 1.54) is 0 Å². The van der Waals surface area contributed by atoms with Gasteiger partial charge in [-0.2, -0.15) is 0 Å². The van der Waals surface area contributed by atoms with E-state index in [2.05, 4.69) is 22.2 Å². The molecule has 0 aliphatic heterocycles. The number of methoxy groups -OCH3 is 1. The maximum absolute atomic E-state index is 6.00. The summed E-state index contributed by atoms with van der Waals surface area (Å²) in [5, 5.41) is 7.02. The van der Waals surface area contributed by atoms with Crippen LogP contribution in [-0.2, 0) is 4.74 Å². The van der Waals surface area contributed by atoms with Crippen LogP contribution in [-0.4, -0.2) is 32.7 Å². The fraction of sp³-hybridized carbons (Fsp3) is 0.400. The van der Waals surface area contributed by atoms with Crippen LogP contribution >= 0.6 is 35.6 Å². The van der Waals surface area contributed by atoms with Crippen LogP contribution in [0.1, 0.15) is 18.6 Å². The molecule has 1 unspecified atom stereocenters. The molecule has 0 aliphatic carbocycles. The van der Waals surface area contributed by atoms with Crippen LogP contribution in [0.2, 0.25) is 5.02 Å². The molecule has 0 bridgehead atoms. The van der Waals surface area contributed by atoms with Crippen LogP contribution in [0.4, 0.5) is 0 Å². The molecule has 0 radical (unpaired) electrons. The highest BCUT2D eigenvalue weighted by molar-refractivity contribution is 14.0. The fourth-order valence-electron chi connectivity index (χ4n) is 1.71. The zero-order chi connectivity index (χ0) is 14.8. The van der Waals surface area contributed by atoms with Crippen LogP contribution in [0, 0.1) is 0 Å². The van der Waals surface area contributed by atoms with Gasteiger partial charge in [0.1, 0.15) is 6.10 Å². The summed E-state index contributed by atoms with van der Waals surface area (Å²) in [6.07, 6.45) is 1.67. The van der Waals surface area contributed by atoms with Crippen LogP contribution in [0.5, 0.6) is 0 Å². The SMILES string of the molecule is C=CCNC(=NCC(OC)c1cccc(Cl)c1)NCC.I. The largest absolute Gasteiger partial charge is 0.375 e. The Morgan fingerprint density at radius 3 is 2.81 bits per heavy atom. The highest BCUT2D eigenvalue weighted by atomic mass is 127. The second kappa shape index (κ2) is 11.8. The first-order valence-corrected chi connectivity index (χ1v) is 7.00. The third kappa shape index (κ3) is 7.68. The molecule has 0 spiro atoms. The minimum absolute atomic E-state index is 0. The molecule has 1 atom stereocenters. The molecule has 0 fully saturated rings. The van der Waals surface area contributed by atoms with Crippen molar-refractivity contribution in [3.8, 4) is 0 Å². The Bertz CT molecular complexity index is 454. The number of halogens is 2. The van der Waals surface area contributed by atoms with E-state index in [1.54, 1.807) is 13.2 Å². The second-order valence-corrected chi connectivity index (χ2v) is 4.60. The van der Waals surface area contributed by atoms with Gasteiger partial charge in [-0.25, -0.2) is 0 Å². The van der Waals surface area contributed by atoms with Crippen molar-refractivity contribution in [2.45, 2.75) is 13.0 Å². The predicted molar refractivity (Wildman–Crippen MR) is 101 cm³/mol. The number of guanidine groups is 1. The smallest absolute Gasteiger partial charge is 0.191 e. The van der Waals surface area contributed by atoms with Crippen LogP contribution in [0.25, 0.3) is 0 Å². The van der Waals surface area contributed by atoms with Crippen molar-refractivity contribution in [3.05, 3.63) is 47.5 Å². The van der Waals surface area contributed by atoms with Gasteiger partial charge >= 0.3 is 0 Å². The average Bonchev–Trinajstić information content (AvgIpc) is 2.45. The van der Waals surface area contributed by atoms with E-state index in [4.69, 9.17) is 16.3 Å². The third-order valence-electron chi connectivity index (χ3n) is 2.68. The van der Waals surface area contributed by atoms with E-state index < -0.39 is 0 Å². The number of aliphatic imine (C=N–C) groups is 1. The minimum atomic E-state index is -0.118. The molecule has 21 heavy (non-hydrogen) atoms. The normalized spacial score (nSPS) is 12.2. The maximum Gasteiger partial charge on any atom is 0.191 e. The Hall–Kier alpha value is -0.790. The summed E-state index contributed by atoms with van der Waals surface area (Å²) in [5.41, 5.74) is 1.02. The highest BCUT2D eigenvalue weighted by Crippen LogP contribution is 2.20. The monoisotopic (exact) mass is 423 g/mol.